The van der Waals surface area contributed by atoms with Gasteiger partial charge in [0.15, 0.2) is 0 Å². The second-order valence-electron chi connectivity index (χ2n) is 9.98. The maximum atomic E-state index is 13.4. The van der Waals surface area contributed by atoms with E-state index in [9.17, 15) is 9.59 Å². The lowest BCUT2D eigenvalue weighted by molar-refractivity contribution is -0.118. The van der Waals surface area contributed by atoms with Crippen LogP contribution in [0.25, 0.3) is 6.08 Å². The minimum absolute atomic E-state index is 0.195. The molecule has 2 saturated heterocycles. The Labute approximate surface area is 233 Å². The molecule has 0 aliphatic carbocycles. The number of likely N-dealkylation sites (tertiary alicyclic amines) is 1. The SMILES string of the molecule is N#Cc1ccc(NC(=O)C(NCCN2C[C@@H]3C[C@H]2CO3)c2ccc(/C=C/C(=O)Nc3ccccc3N)cc2)cc1. The van der Waals surface area contributed by atoms with Crippen LogP contribution in [0.4, 0.5) is 17.1 Å². The quantitative estimate of drug-likeness (QED) is 0.230. The number of nitrogens with one attached hydrogen (secondary N) is 3. The largest absolute Gasteiger partial charge is 0.397 e. The molecule has 0 spiro atoms. The minimum Gasteiger partial charge on any atom is -0.397 e. The summed E-state index contributed by atoms with van der Waals surface area (Å²) < 4.78 is 5.70. The Kier molecular flexibility index (Phi) is 8.52. The third kappa shape index (κ3) is 6.74. The average Bonchev–Trinajstić information content (AvgIpc) is 3.60. The fourth-order valence-corrected chi connectivity index (χ4v) is 5.07. The highest BCUT2D eigenvalue weighted by Crippen LogP contribution is 2.27. The fraction of sp³-hybridized carbons (Fsp3) is 0.258. The number of rotatable bonds is 10. The van der Waals surface area contributed by atoms with E-state index >= 15 is 0 Å². The van der Waals surface area contributed by atoms with E-state index in [0.29, 0.717) is 41.3 Å². The summed E-state index contributed by atoms with van der Waals surface area (Å²) in [7, 11) is 0. The zero-order chi connectivity index (χ0) is 27.9. The summed E-state index contributed by atoms with van der Waals surface area (Å²) in [4.78, 5) is 28.1. The van der Waals surface area contributed by atoms with Crippen LogP contribution in [-0.2, 0) is 14.3 Å². The second kappa shape index (κ2) is 12.6. The number of anilines is 3. The van der Waals surface area contributed by atoms with E-state index in [4.69, 9.17) is 15.7 Å². The zero-order valence-corrected chi connectivity index (χ0v) is 22.0. The number of hydrogen-bond donors (Lipinski definition) is 4. The van der Waals surface area contributed by atoms with Crippen molar-refractivity contribution in [3.05, 3.63) is 95.6 Å². The summed E-state index contributed by atoms with van der Waals surface area (Å²) in [5.74, 6) is -0.483. The topological polar surface area (TPSA) is 133 Å². The Balaban J connectivity index is 1.24. The number of carbonyl (C=O) groups is 2. The van der Waals surface area contributed by atoms with Gasteiger partial charge in [0.1, 0.15) is 6.04 Å². The van der Waals surface area contributed by atoms with Gasteiger partial charge in [0.2, 0.25) is 11.8 Å². The fourth-order valence-electron chi connectivity index (χ4n) is 5.07. The van der Waals surface area contributed by atoms with Crippen molar-refractivity contribution in [3.8, 4) is 6.07 Å². The Morgan fingerprint density at radius 3 is 2.52 bits per heavy atom. The van der Waals surface area contributed by atoms with E-state index in [1.165, 1.54) is 6.08 Å². The molecule has 5 rings (SSSR count). The summed E-state index contributed by atoms with van der Waals surface area (Å²) in [6.45, 7) is 3.17. The third-order valence-electron chi connectivity index (χ3n) is 7.22. The second-order valence-corrected chi connectivity index (χ2v) is 9.98. The number of amides is 2. The lowest BCUT2D eigenvalue weighted by Gasteiger charge is -2.27. The molecule has 204 valence electrons. The molecule has 2 aliphatic rings. The molecule has 9 heteroatoms. The van der Waals surface area contributed by atoms with Crippen molar-refractivity contribution in [1.29, 1.82) is 5.26 Å². The van der Waals surface area contributed by atoms with E-state index in [-0.39, 0.29) is 11.8 Å². The maximum absolute atomic E-state index is 13.4. The van der Waals surface area contributed by atoms with Gasteiger partial charge in [0.05, 0.1) is 35.7 Å². The predicted octanol–water partition coefficient (Wildman–Crippen LogP) is 3.53. The summed E-state index contributed by atoms with van der Waals surface area (Å²) in [6, 6.07) is 23.3. The molecule has 2 bridgehead atoms. The van der Waals surface area contributed by atoms with Gasteiger partial charge in [-0.15, -0.1) is 0 Å². The first-order valence-corrected chi connectivity index (χ1v) is 13.3. The van der Waals surface area contributed by atoms with Crippen molar-refractivity contribution in [1.82, 2.24) is 10.2 Å². The molecule has 1 unspecified atom stereocenters. The Morgan fingerprint density at radius 2 is 1.85 bits per heavy atom. The van der Waals surface area contributed by atoms with E-state index in [1.54, 1.807) is 54.6 Å². The number of para-hydroxylation sites is 2. The monoisotopic (exact) mass is 536 g/mol. The molecule has 3 aromatic rings. The molecule has 3 atom stereocenters. The number of morpholine rings is 1. The molecule has 3 aromatic carbocycles. The van der Waals surface area contributed by atoms with Crippen molar-refractivity contribution in [2.24, 2.45) is 0 Å². The van der Waals surface area contributed by atoms with Crippen molar-refractivity contribution < 1.29 is 14.3 Å². The van der Waals surface area contributed by atoms with E-state index in [1.807, 2.05) is 24.3 Å². The van der Waals surface area contributed by atoms with Gasteiger partial charge in [0, 0.05) is 37.4 Å². The number of ether oxygens (including phenoxy) is 1. The van der Waals surface area contributed by atoms with Crippen molar-refractivity contribution in [2.75, 3.05) is 42.6 Å². The number of nitrogens with two attached hydrogens (primary N) is 1. The number of fused-ring (bicyclic) bond motifs is 2. The van der Waals surface area contributed by atoms with E-state index < -0.39 is 6.04 Å². The zero-order valence-electron chi connectivity index (χ0n) is 22.0. The van der Waals surface area contributed by atoms with Crippen LogP contribution in [0.2, 0.25) is 0 Å². The first-order valence-electron chi connectivity index (χ1n) is 13.3. The molecular formula is C31H32N6O3. The maximum Gasteiger partial charge on any atom is 0.248 e. The number of nitriles is 1. The molecule has 2 heterocycles. The van der Waals surface area contributed by atoms with Crippen molar-refractivity contribution >= 4 is 35.0 Å². The Hall–Kier alpha value is -4.49. The smallest absolute Gasteiger partial charge is 0.248 e. The van der Waals surface area contributed by atoms with Crippen LogP contribution < -0.4 is 21.7 Å². The number of carbonyl (C=O) groups excluding carboxylic acids is 2. The number of nitrogen functional groups attached to an aromatic ring is 1. The molecule has 2 fully saturated rings. The van der Waals surface area contributed by atoms with Crippen LogP contribution in [0.15, 0.2) is 78.9 Å². The van der Waals surface area contributed by atoms with Gasteiger partial charge < -0.3 is 26.4 Å². The summed E-state index contributed by atoms with van der Waals surface area (Å²) in [6.07, 6.45) is 4.56. The summed E-state index contributed by atoms with van der Waals surface area (Å²) in [5.41, 5.74) is 9.72. The lowest BCUT2D eigenvalue weighted by Crippen LogP contribution is -2.43. The van der Waals surface area contributed by atoms with Crippen molar-refractivity contribution in [3.63, 3.8) is 0 Å². The minimum atomic E-state index is -0.589. The van der Waals surface area contributed by atoms with Crippen LogP contribution in [0.3, 0.4) is 0 Å². The highest BCUT2D eigenvalue weighted by Gasteiger charge is 2.38. The van der Waals surface area contributed by atoms with Crippen LogP contribution in [-0.4, -0.2) is 55.1 Å². The van der Waals surface area contributed by atoms with Gasteiger partial charge in [-0.3, -0.25) is 14.5 Å². The van der Waals surface area contributed by atoms with Gasteiger partial charge in [0.25, 0.3) is 0 Å². The molecular weight excluding hydrogens is 504 g/mol. The van der Waals surface area contributed by atoms with Crippen molar-refractivity contribution in [2.45, 2.75) is 24.6 Å². The molecule has 2 aliphatic heterocycles. The van der Waals surface area contributed by atoms with Gasteiger partial charge in [-0.25, -0.2) is 0 Å². The van der Waals surface area contributed by atoms with Gasteiger partial charge in [-0.2, -0.15) is 5.26 Å². The first-order chi connectivity index (χ1) is 19.5. The Bertz CT molecular complexity index is 1410. The molecule has 5 N–H and O–H groups in total. The molecule has 2 amide bonds. The average molecular weight is 537 g/mol. The molecule has 0 aromatic heterocycles. The van der Waals surface area contributed by atoms with E-state index in [0.717, 1.165) is 37.2 Å². The van der Waals surface area contributed by atoms with Gasteiger partial charge in [-0.1, -0.05) is 36.4 Å². The predicted molar refractivity (Wildman–Crippen MR) is 155 cm³/mol. The molecule has 40 heavy (non-hydrogen) atoms. The Morgan fingerprint density at radius 1 is 1.07 bits per heavy atom. The summed E-state index contributed by atoms with van der Waals surface area (Å²) >= 11 is 0. The molecule has 0 saturated carbocycles. The molecule has 9 nitrogen and oxygen atoms in total. The van der Waals surface area contributed by atoms with Gasteiger partial charge in [-0.05, 0) is 60.0 Å². The van der Waals surface area contributed by atoms with E-state index in [2.05, 4.69) is 26.9 Å². The van der Waals surface area contributed by atoms with Crippen LogP contribution in [0, 0.1) is 11.3 Å². The van der Waals surface area contributed by atoms with Crippen LogP contribution in [0.1, 0.15) is 29.2 Å². The standard InChI is InChI=1S/C31H32N6O3/c32-18-22-7-12-24(13-8-22)35-31(39)30(34-15-16-37-19-26-17-25(37)20-40-26)23-10-5-21(6-11-23)9-14-29(38)36-28-4-2-1-3-27(28)33/h1-14,25-26,30,34H,15-17,19-20,33H2,(H,35,39)(H,36,38)/b14-9+/t25-,26-,30?/m0/s1. The third-order valence-corrected chi connectivity index (χ3v) is 7.22. The number of nitrogens with zero attached hydrogens (tertiary/aromatic N) is 2. The first kappa shape index (κ1) is 27.1. The lowest BCUT2D eigenvalue weighted by atomic mass is 10.0. The van der Waals surface area contributed by atoms with Crippen LogP contribution in [0.5, 0.6) is 0 Å². The number of benzene rings is 3. The summed E-state index contributed by atoms with van der Waals surface area (Å²) in [5, 5.41) is 18.2. The highest BCUT2D eigenvalue weighted by molar-refractivity contribution is 6.03. The van der Waals surface area contributed by atoms with Gasteiger partial charge >= 0.3 is 0 Å². The highest BCUT2D eigenvalue weighted by atomic mass is 16.5. The number of hydrogen-bond acceptors (Lipinski definition) is 7. The normalized spacial score (nSPS) is 18.9. The molecule has 0 radical (unpaired) electrons. The van der Waals surface area contributed by atoms with Crippen LogP contribution >= 0.6 is 0 Å².